The molecule has 0 amide bonds. The minimum absolute atomic E-state index is 1.10. The molecule has 168 valence electrons. The molecule has 0 bridgehead atoms. The number of hydrogen-bond donors (Lipinski definition) is 0. The van der Waals surface area contributed by atoms with Gasteiger partial charge in [0.1, 0.15) is 0 Å². The first-order valence-electron chi connectivity index (χ1n) is 12.4. The Hall–Kier alpha value is -1.08. The molecule has 0 atom stereocenters. The Balaban J connectivity index is 5.17. The van der Waals surface area contributed by atoms with E-state index >= 15 is 0 Å². The van der Waals surface area contributed by atoms with Gasteiger partial charge in [0.25, 0.3) is 0 Å². The van der Waals surface area contributed by atoms with Gasteiger partial charge in [-0.3, -0.25) is 0 Å². The van der Waals surface area contributed by atoms with Gasteiger partial charge in [-0.05, 0) is 114 Å². The third-order valence-electron chi connectivity index (χ3n) is 5.67. The molecule has 0 aromatic carbocycles. The Morgan fingerprint density at radius 2 is 1.24 bits per heavy atom. The molecule has 0 aromatic rings. The molecule has 0 radical (unpaired) electrons. The number of nitrogens with zero attached hydrogens (tertiary/aromatic N) is 1. The van der Waals surface area contributed by atoms with Gasteiger partial charge in [0.15, 0.2) is 0 Å². The first kappa shape index (κ1) is 27.9. The fraction of sp³-hybridized carbons (Fsp3) is 0.714. The van der Waals surface area contributed by atoms with Crippen LogP contribution in [0, 0.1) is 0 Å². The second-order valence-electron chi connectivity index (χ2n) is 8.41. The smallest absolute Gasteiger partial charge is 0.00187 e. The Kier molecular flexibility index (Phi) is 17.1. The molecule has 0 saturated heterocycles. The summed E-state index contributed by atoms with van der Waals surface area (Å²) in [6, 6.07) is 0. The summed E-state index contributed by atoms with van der Waals surface area (Å²) in [5.41, 5.74) is 7.37. The first-order chi connectivity index (χ1) is 14.0. The maximum Gasteiger partial charge on any atom is -0.00187 e. The second kappa shape index (κ2) is 17.8. The summed E-state index contributed by atoms with van der Waals surface area (Å²) < 4.78 is 0. The van der Waals surface area contributed by atoms with Crippen molar-refractivity contribution in [1.29, 1.82) is 0 Å². The fourth-order valence-corrected chi connectivity index (χ4v) is 4.11. The summed E-state index contributed by atoms with van der Waals surface area (Å²) in [6.45, 7) is 22.0. The largest absolute Gasteiger partial charge is 0.303 e. The van der Waals surface area contributed by atoms with Gasteiger partial charge in [-0.1, -0.05) is 64.8 Å². The van der Waals surface area contributed by atoms with E-state index in [2.05, 4.69) is 78.5 Å². The first-order valence-corrected chi connectivity index (χ1v) is 12.4. The van der Waals surface area contributed by atoms with Crippen LogP contribution in [0.5, 0.6) is 0 Å². The van der Waals surface area contributed by atoms with Crippen molar-refractivity contribution in [2.75, 3.05) is 19.6 Å². The molecule has 0 aliphatic heterocycles. The van der Waals surface area contributed by atoms with Crippen LogP contribution in [0.3, 0.4) is 0 Å². The molecule has 0 aliphatic rings. The van der Waals surface area contributed by atoms with Crippen LogP contribution in [0.15, 0.2) is 46.1 Å². The Bertz CT molecular complexity index is 539. The zero-order valence-electron chi connectivity index (χ0n) is 21.2. The minimum atomic E-state index is 1.10. The van der Waals surface area contributed by atoms with Crippen molar-refractivity contribution >= 4 is 0 Å². The Labute approximate surface area is 184 Å². The van der Waals surface area contributed by atoms with E-state index < -0.39 is 0 Å². The average molecular weight is 402 g/mol. The molecule has 29 heavy (non-hydrogen) atoms. The minimum Gasteiger partial charge on any atom is -0.303 e. The highest BCUT2D eigenvalue weighted by Gasteiger charge is 2.12. The van der Waals surface area contributed by atoms with Gasteiger partial charge in [0.2, 0.25) is 0 Å². The molecular formula is C28H51N. The third kappa shape index (κ3) is 11.6. The van der Waals surface area contributed by atoms with Crippen LogP contribution in [0.2, 0.25) is 0 Å². The average Bonchev–Trinajstić information content (AvgIpc) is 2.69. The van der Waals surface area contributed by atoms with E-state index in [0.29, 0.717) is 0 Å². The zero-order chi connectivity index (χ0) is 22.1. The van der Waals surface area contributed by atoms with E-state index in [1.807, 2.05) is 0 Å². The second-order valence-corrected chi connectivity index (χ2v) is 8.41. The zero-order valence-corrected chi connectivity index (χ0v) is 21.2. The fourth-order valence-electron chi connectivity index (χ4n) is 4.11. The van der Waals surface area contributed by atoms with Crippen molar-refractivity contribution in [3.63, 3.8) is 0 Å². The lowest BCUT2D eigenvalue weighted by molar-refractivity contribution is 0.268. The molecule has 0 N–H and O–H groups in total. The van der Waals surface area contributed by atoms with E-state index in [0.717, 1.165) is 19.3 Å². The molecular weight excluding hydrogens is 350 g/mol. The molecule has 0 unspecified atom stereocenters. The lowest BCUT2D eigenvalue weighted by atomic mass is 9.87. The van der Waals surface area contributed by atoms with Gasteiger partial charge in [-0.2, -0.15) is 0 Å². The van der Waals surface area contributed by atoms with Crippen molar-refractivity contribution in [2.45, 2.75) is 113 Å². The van der Waals surface area contributed by atoms with Gasteiger partial charge in [-0.15, -0.1) is 0 Å². The molecule has 0 spiro atoms. The Morgan fingerprint density at radius 3 is 1.76 bits per heavy atom. The standard InChI is InChI=1S/C28H51N/c1-9-18-25(7)27(28(24(6)13-5)26(8)19-10-2)20-16-14-15-17-23-29(21-11-3)22-12-4/h18-20H,9-17,21-23H2,1-8H3/b25-18-,26-19-,27-20+,28-24-. The van der Waals surface area contributed by atoms with Gasteiger partial charge >= 0.3 is 0 Å². The lowest BCUT2D eigenvalue weighted by Gasteiger charge is -2.20. The van der Waals surface area contributed by atoms with Gasteiger partial charge in [-0.25, -0.2) is 0 Å². The number of rotatable bonds is 16. The highest BCUT2D eigenvalue weighted by molar-refractivity contribution is 5.56. The van der Waals surface area contributed by atoms with Crippen LogP contribution in [0.1, 0.15) is 113 Å². The predicted octanol–water partition coefficient (Wildman–Crippen LogP) is 9.03. The SMILES string of the molecule is CC\C=C(C)/C(=C(\C)CC)C(=C/CCCCCN(CCC)CCC)/C(C)=C\CC. The summed E-state index contributed by atoms with van der Waals surface area (Å²) >= 11 is 0. The summed E-state index contributed by atoms with van der Waals surface area (Å²) in [7, 11) is 0. The van der Waals surface area contributed by atoms with Crippen LogP contribution in [-0.2, 0) is 0 Å². The summed E-state index contributed by atoms with van der Waals surface area (Å²) in [5, 5.41) is 0. The normalized spacial score (nSPS) is 14.6. The highest BCUT2D eigenvalue weighted by atomic mass is 15.1. The topological polar surface area (TPSA) is 3.24 Å². The van der Waals surface area contributed by atoms with E-state index in [9.17, 15) is 0 Å². The van der Waals surface area contributed by atoms with Crippen molar-refractivity contribution < 1.29 is 0 Å². The van der Waals surface area contributed by atoms with E-state index in [1.165, 1.54) is 86.0 Å². The molecule has 1 nitrogen and oxygen atoms in total. The maximum atomic E-state index is 2.64. The monoisotopic (exact) mass is 401 g/mol. The maximum absolute atomic E-state index is 2.64. The van der Waals surface area contributed by atoms with Crippen molar-refractivity contribution in [3.8, 4) is 0 Å². The van der Waals surface area contributed by atoms with Gasteiger partial charge < -0.3 is 4.90 Å². The molecule has 0 saturated carbocycles. The third-order valence-corrected chi connectivity index (χ3v) is 5.67. The van der Waals surface area contributed by atoms with Crippen LogP contribution >= 0.6 is 0 Å². The molecule has 0 fully saturated rings. The van der Waals surface area contributed by atoms with Crippen molar-refractivity contribution in [2.24, 2.45) is 0 Å². The van der Waals surface area contributed by atoms with Crippen molar-refractivity contribution in [1.82, 2.24) is 4.90 Å². The van der Waals surface area contributed by atoms with Crippen LogP contribution in [-0.4, -0.2) is 24.5 Å². The predicted molar refractivity (Wildman–Crippen MR) is 135 cm³/mol. The van der Waals surface area contributed by atoms with Crippen LogP contribution in [0.25, 0.3) is 0 Å². The highest BCUT2D eigenvalue weighted by Crippen LogP contribution is 2.31. The lowest BCUT2D eigenvalue weighted by Crippen LogP contribution is -2.26. The summed E-state index contributed by atoms with van der Waals surface area (Å²) in [4.78, 5) is 2.64. The quantitative estimate of drug-likeness (QED) is 0.184. The number of unbranched alkanes of at least 4 members (excludes halogenated alkanes) is 3. The van der Waals surface area contributed by atoms with Gasteiger partial charge in [0.05, 0.1) is 0 Å². The van der Waals surface area contributed by atoms with E-state index in [4.69, 9.17) is 0 Å². The summed E-state index contributed by atoms with van der Waals surface area (Å²) in [6.07, 6.45) is 18.3. The molecule has 0 aromatic heterocycles. The van der Waals surface area contributed by atoms with Crippen LogP contribution in [0.4, 0.5) is 0 Å². The van der Waals surface area contributed by atoms with E-state index in [-0.39, 0.29) is 0 Å². The summed E-state index contributed by atoms with van der Waals surface area (Å²) in [5.74, 6) is 0. The van der Waals surface area contributed by atoms with Crippen molar-refractivity contribution in [3.05, 3.63) is 46.1 Å². The van der Waals surface area contributed by atoms with Crippen LogP contribution < -0.4 is 0 Å². The van der Waals surface area contributed by atoms with E-state index in [1.54, 1.807) is 0 Å². The number of hydrogen-bond acceptors (Lipinski definition) is 1. The van der Waals surface area contributed by atoms with Gasteiger partial charge in [0, 0.05) is 0 Å². The number of allylic oxidation sites excluding steroid dienone is 8. The molecule has 0 heterocycles. The molecule has 1 heteroatoms. The molecule has 0 rings (SSSR count). The molecule has 0 aliphatic carbocycles. The Morgan fingerprint density at radius 1 is 0.655 bits per heavy atom.